The summed E-state index contributed by atoms with van der Waals surface area (Å²) in [5.41, 5.74) is 3.73. The molecule has 0 atom stereocenters. The van der Waals surface area contributed by atoms with Crippen molar-refractivity contribution >= 4 is 50.0 Å². The standard InChI is InChI=1S/C25H19N3O3S/c1-31-25(30)18-14-28(21-12-6-3-8-16(18)21)15-23(29)26-19-10-4-2-9-17(19)24-27-20-11-5-7-13-22(20)32-24/h2-14H,15H2,1H3,(H,26,29). The zero-order chi connectivity index (χ0) is 22.1. The fourth-order valence-corrected chi connectivity index (χ4v) is 4.77. The van der Waals surface area contributed by atoms with Crippen molar-refractivity contribution in [3.8, 4) is 10.6 Å². The lowest BCUT2D eigenvalue weighted by Gasteiger charge is -2.10. The van der Waals surface area contributed by atoms with Crippen molar-refractivity contribution in [1.82, 2.24) is 9.55 Å². The van der Waals surface area contributed by atoms with Gasteiger partial charge in [0.15, 0.2) is 0 Å². The Morgan fingerprint density at radius 2 is 1.75 bits per heavy atom. The number of fused-ring (bicyclic) bond motifs is 2. The van der Waals surface area contributed by atoms with Gasteiger partial charge >= 0.3 is 5.97 Å². The predicted molar refractivity (Wildman–Crippen MR) is 127 cm³/mol. The Bertz CT molecular complexity index is 1430. The lowest BCUT2D eigenvalue weighted by atomic mass is 10.2. The van der Waals surface area contributed by atoms with Crippen molar-refractivity contribution in [3.63, 3.8) is 0 Å². The van der Waals surface area contributed by atoms with Gasteiger partial charge in [-0.2, -0.15) is 0 Å². The van der Waals surface area contributed by atoms with E-state index in [1.54, 1.807) is 22.1 Å². The van der Waals surface area contributed by atoms with Crippen LogP contribution >= 0.6 is 11.3 Å². The van der Waals surface area contributed by atoms with Gasteiger partial charge in [-0.05, 0) is 30.3 Å². The molecule has 5 rings (SSSR count). The van der Waals surface area contributed by atoms with Gasteiger partial charge in [-0.3, -0.25) is 4.79 Å². The first kappa shape index (κ1) is 20.0. The average molecular weight is 442 g/mol. The van der Waals surface area contributed by atoms with E-state index in [9.17, 15) is 9.59 Å². The molecule has 1 N–H and O–H groups in total. The Hall–Kier alpha value is -3.97. The summed E-state index contributed by atoms with van der Waals surface area (Å²) in [7, 11) is 1.35. The van der Waals surface area contributed by atoms with Crippen LogP contribution in [0.3, 0.4) is 0 Å². The lowest BCUT2D eigenvalue weighted by molar-refractivity contribution is -0.116. The number of anilines is 1. The second kappa shape index (κ2) is 8.28. The Morgan fingerprint density at radius 1 is 1.00 bits per heavy atom. The molecule has 0 radical (unpaired) electrons. The molecule has 0 fully saturated rings. The van der Waals surface area contributed by atoms with Crippen LogP contribution in [0.25, 0.3) is 31.7 Å². The number of ether oxygens (including phenoxy) is 1. The molecule has 0 unspecified atom stereocenters. The first-order valence-corrected chi connectivity index (χ1v) is 10.9. The SMILES string of the molecule is COC(=O)c1cn(CC(=O)Nc2ccccc2-c2nc3ccccc3s2)c2ccccc12. The first-order valence-electron chi connectivity index (χ1n) is 10.0. The topological polar surface area (TPSA) is 73.2 Å². The van der Waals surface area contributed by atoms with E-state index in [1.165, 1.54) is 7.11 Å². The summed E-state index contributed by atoms with van der Waals surface area (Å²) in [6.45, 7) is 0.0612. The van der Waals surface area contributed by atoms with E-state index < -0.39 is 5.97 Å². The molecule has 158 valence electrons. The average Bonchev–Trinajstić information content (AvgIpc) is 3.41. The van der Waals surface area contributed by atoms with E-state index in [0.717, 1.165) is 31.7 Å². The zero-order valence-electron chi connectivity index (χ0n) is 17.2. The number of carbonyl (C=O) groups excluding carboxylic acids is 2. The fourth-order valence-electron chi connectivity index (χ4n) is 3.76. The van der Waals surface area contributed by atoms with Crippen molar-refractivity contribution < 1.29 is 14.3 Å². The van der Waals surface area contributed by atoms with Crippen molar-refractivity contribution in [2.24, 2.45) is 0 Å². The number of nitrogens with zero attached hydrogens (tertiary/aromatic N) is 2. The summed E-state index contributed by atoms with van der Waals surface area (Å²) in [5.74, 6) is -0.628. The molecule has 0 aliphatic carbocycles. The van der Waals surface area contributed by atoms with Crippen LogP contribution in [0.1, 0.15) is 10.4 Å². The quantitative estimate of drug-likeness (QED) is 0.374. The minimum absolute atomic E-state index is 0.0612. The highest BCUT2D eigenvalue weighted by molar-refractivity contribution is 7.21. The normalized spacial score (nSPS) is 11.0. The predicted octanol–water partition coefficient (Wildman–Crippen LogP) is 5.34. The minimum atomic E-state index is -0.429. The highest BCUT2D eigenvalue weighted by atomic mass is 32.1. The van der Waals surface area contributed by atoms with Crippen LogP contribution in [0.2, 0.25) is 0 Å². The van der Waals surface area contributed by atoms with Crippen LogP contribution in [0, 0.1) is 0 Å². The van der Waals surface area contributed by atoms with E-state index in [2.05, 4.69) is 5.32 Å². The first-order chi connectivity index (χ1) is 15.6. The number of hydrogen-bond donors (Lipinski definition) is 1. The summed E-state index contributed by atoms with van der Waals surface area (Å²) in [5, 5.41) is 4.61. The number of benzene rings is 3. The third-order valence-electron chi connectivity index (χ3n) is 5.23. The van der Waals surface area contributed by atoms with Gasteiger partial charge in [0.1, 0.15) is 11.6 Å². The summed E-state index contributed by atoms with van der Waals surface area (Å²) in [4.78, 5) is 29.8. The van der Waals surface area contributed by atoms with Gasteiger partial charge < -0.3 is 14.6 Å². The Balaban J connectivity index is 1.44. The number of methoxy groups -OCH3 is 1. The molecular formula is C25H19N3O3S. The molecule has 5 aromatic rings. The summed E-state index contributed by atoms with van der Waals surface area (Å²) in [6, 6.07) is 23.1. The number of aromatic nitrogens is 2. The smallest absolute Gasteiger partial charge is 0.340 e. The van der Waals surface area contributed by atoms with Gasteiger partial charge in [0.05, 0.1) is 28.6 Å². The number of carbonyl (C=O) groups is 2. The van der Waals surface area contributed by atoms with Crippen LogP contribution in [0.5, 0.6) is 0 Å². The molecule has 6 nitrogen and oxygen atoms in total. The molecule has 2 aromatic heterocycles. The summed E-state index contributed by atoms with van der Waals surface area (Å²) < 4.78 is 7.75. The van der Waals surface area contributed by atoms with Crippen molar-refractivity contribution in [2.75, 3.05) is 12.4 Å². The van der Waals surface area contributed by atoms with Crippen molar-refractivity contribution in [3.05, 3.63) is 84.6 Å². The number of thiazole rings is 1. The minimum Gasteiger partial charge on any atom is -0.465 e. The number of rotatable bonds is 5. The van der Waals surface area contributed by atoms with E-state index in [-0.39, 0.29) is 12.5 Å². The Kier molecular flexibility index (Phi) is 5.17. The van der Waals surface area contributed by atoms with Gasteiger partial charge in [-0.1, -0.05) is 42.5 Å². The third kappa shape index (κ3) is 3.63. The van der Waals surface area contributed by atoms with Crippen LogP contribution in [0.4, 0.5) is 5.69 Å². The molecule has 0 saturated carbocycles. The molecule has 0 bridgehead atoms. The third-order valence-corrected chi connectivity index (χ3v) is 6.30. The van der Waals surface area contributed by atoms with Crippen LogP contribution < -0.4 is 5.32 Å². The Morgan fingerprint density at radius 3 is 2.59 bits per heavy atom. The van der Waals surface area contributed by atoms with Gasteiger partial charge in [-0.15, -0.1) is 11.3 Å². The molecule has 0 aliphatic rings. The second-order valence-corrected chi connectivity index (χ2v) is 8.29. The molecule has 2 heterocycles. The van der Waals surface area contributed by atoms with Gasteiger partial charge in [0.2, 0.25) is 5.91 Å². The van der Waals surface area contributed by atoms with E-state index >= 15 is 0 Å². The van der Waals surface area contributed by atoms with Gasteiger partial charge in [0.25, 0.3) is 0 Å². The molecule has 3 aromatic carbocycles. The van der Waals surface area contributed by atoms with Crippen LogP contribution in [-0.4, -0.2) is 28.5 Å². The number of esters is 1. The highest BCUT2D eigenvalue weighted by Crippen LogP contribution is 2.34. The van der Waals surface area contributed by atoms with Crippen molar-refractivity contribution in [2.45, 2.75) is 6.54 Å². The van der Waals surface area contributed by atoms with Crippen LogP contribution in [-0.2, 0) is 16.1 Å². The maximum absolute atomic E-state index is 13.0. The fraction of sp³-hybridized carbons (Fsp3) is 0.0800. The molecule has 1 amide bonds. The monoisotopic (exact) mass is 441 g/mol. The van der Waals surface area contributed by atoms with E-state index in [1.807, 2.05) is 72.8 Å². The molecular weight excluding hydrogens is 422 g/mol. The summed E-state index contributed by atoms with van der Waals surface area (Å²) >= 11 is 1.59. The Labute approximate surface area is 188 Å². The second-order valence-electron chi connectivity index (χ2n) is 7.26. The largest absolute Gasteiger partial charge is 0.465 e. The molecule has 0 saturated heterocycles. The van der Waals surface area contributed by atoms with E-state index in [0.29, 0.717) is 11.3 Å². The maximum atomic E-state index is 13.0. The molecule has 32 heavy (non-hydrogen) atoms. The van der Waals surface area contributed by atoms with Gasteiger partial charge in [0, 0.05) is 22.7 Å². The molecule has 7 heteroatoms. The summed E-state index contributed by atoms with van der Waals surface area (Å²) in [6.07, 6.45) is 1.66. The number of para-hydroxylation sites is 3. The number of nitrogens with one attached hydrogen (secondary N) is 1. The number of amides is 1. The maximum Gasteiger partial charge on any atom is 0.340 e. The zero-order valence-corrected chi connectivity index (χ0v) is 18.1. The van der Waals surface area contributed by atoms with E-state index in [4.69, 9.17) is 9.72 Å². The highest BCUT2D eigenvalue weighted by Gasteiger charge is 2.17. The number of hydrogen-bond acceptors (Lipinski definition) is 5. The van der Waals surface area contributed by atoms with Gasteiger partial charge in [-0.25, -0.2) is 9.78 Å². The van der Waals surface area contributed by atoms with Crippen molar-refractivity contribution in [1.29, 1.82) is 0 Å². The van der Waals surface area contributed by atoms with Crippen LogP contribution in [0.15, 0.2) is 79.0 Å². The molecule has 0 spiro atoms. The molecule has 0 aliphatic heterocycles. The lowest BCUT2D eigenvalue weighted by Crippen LogP contribution is -2.18.